The lowest BCUT2D eigenvalue weighted by atomic mass is 10.2. The van der Waals surface area contributed by atoms with Gasteiger partial charge in [0.05, 0.1) is 16.3 Å². The highest BCUT2D eigenvalue weighted by Crippen LogP contribution is 2.26. The maximum Gasteiger partial charge on any atom is 0.240 e. The summed E-state index contributed by atoms with van der Waals surface area (Å²) in [5, 5.41) is 12.9. The van der Waals surface area contributed by atoms with Crippen LogP contribution in [0.1, 0.15) is 25.0 Å². The molecule has 0 saturated heterocycles. The zero-order valence-electron chi connectivity index (χ0n) is 16.2. The number of aromatic amines is 1. The first kappa shape index (κ1) is 21.5. The third-order valence-electron chi connectivity index (χ3n) is 4.22. The molecule has 3 aromatic rings. The summed E-state index contributed by atoms with van der Waals surface area (Å²) in [5.41, 5.74) is 6.13. The van der Waals surface area contributed by atoms with Crippen molar-refractivity contribution in [3.63, 3.8) is 0 Å². The van der Waals surface area contributed by atoms with Crippen LogP contribution in [0.2, 0.25) is 10.0 Å². The number of hydrogen-bond donors (Lipinski definition) is 2. The minimum absolute atomic E-state index is 0.484. The molecular formula is C20H22Cl2N6S. The smallest absolute Gasteiger partial charge is 0.240 e. The fourth-order valence-electron chi connectivity index (χ4n) is 2.67. The minimum Gasteiger partial charge on any atom is -0.372 e. The number of nitrogens with one attached hydrogen (secondary N) is 2. The Kier molecular flexibility index (Phi) is 7.80. The van der Waals surface area contributed by atoms with Gasteiger partial charge < -0.3 is 4.90 Å². The average Bonchev–Trinajstić information content (AvgIpc) is 3.19. The predicted molar refractivity (Wildman–Crippen MR) is 124 cm³/mol. The molecule has 0 bridgehead atoms. The summed E-state index contributed by atoms with van der Waals surface area (Å²) >= 11 is 13.5. The van der Waals surface area contributed by atoms with Crippen LogP contribution in [0, 0.1) is 0 Å². The van der Waals surface area contributed by atoms with Crippen LogP contribution in [0.15, 0.2) is 52.7 Å². The largest absolute Gasteiger partial charge is 0.372 e. The first-order valence-electron chi connectivity index (χ1n) is 9.22. The Morgan fingerprint density at radius 2 is 1.86 bits per heavy atom. The third kappa shape index (κ3) is 6.13. The Hall–Kier alpha value is -2.22. The molecule has 0 atom stereocenters. The summed E-state index contributed by atoms with van der Waals surface area (Å²) in [6, 6.07) is 13.8. The number of hydrazone groups is 1. The van der Waals surface area contributed by atoms with Crippen LogP contribution in [0.3, 0.4) is 0 Å². The summed E-state index contributed by atoms with van der Waals surface area (Å²) in [5.74, 6) is 1.17. The molecule has 152 valence electrons. The maximum absolute atomic E-state index is 6.04. The Morgan fingerprint density at radius 3 is 2.55 bits per heavy atom. The van der Waals surface area contributed by atoms with Crippen LogP contribution in [-0.4, -0.2) is 34.5 Å². The molecule has 2 N–H and O–H groups in total. The fourth-order valence-corrected chi connectivity index (χ4v) is 3.73. The highest BCUT2D eigenvalue weighted by molar-refractivity contribution is 7.98. The number of anilines is 2. The molecule has 0 amide bonds. The molecule has 0 saturated carbocycles. The Morgan fingerprint density at radius 1 is 1.10 bits per heavy atom. The van der Waals surface area contributed by atoms with Gasteiger partial charge in [0.1, 0.15) is 0 Å². The molecule has 3 rings (SSSR count). The lowest BCUT2D eigenvalue weighted by Crippen LogP contribution is -2.21. The van der Waals surface area contributed by atoms with Crippen molar-refractivity contribution in [2.24, 2.45) is 5.10 Å². The van der Waals surface area contributed by atoms with Crippen LogP contribution in [0.5, 0.6) is 0 Å². The summed E-state index contributed by atoms with van der Waals surface area (Å²) in [7, 11) is 0. The monoisotopic (exact) mass is 448 g/mol. The molecule has 9 heteroatoms. The van der Waals surface area contributed by atoms with Crippen molar-refractivity contribution < 1.29 is 0 Å². The SMILES string of the molecule is CCN(CC)c1ccc(C=NNc2nc(SCc3ccc(Cl)c(Cl)c3)n[nH]2)cc1. The molecule has 29 heavy (non-hydrogen) atoms. The molecule has 0 aliphatic carbocycles. The van der Waals surface area contributed by atoms with Gasteiger partial charge in [0.25, 0.3) is 0 Å². The maximum atomic E-state index is 6.04. The standard InChI is InChI=1S/C20H22Cl2N6S/c1-3-28(4-2)16-8-5-14(6-9-16)12-23-25-19-24-20(27-26-19)29-13-15-7-10-17(21)18(22)11-15/h5-12H,3-4,13H2,1-2H3,(H2,24,25,26,27). The highest BCUT2D eigenvalue weighted by atomic mass is 35.5. The number of thioether (sulfide) groups is 1. The number of benzene rings is 2. The molecular weight excluding hydrogens is 427 g/mol. The van der Waals surface area contributed by atoms with E-state index in [0.717, 1.165) is 24.2 Å². The number of nitrogens with zero attached hydrogens (tertiary/aromatic N) is 4. The van der Waals surface area contributed by atoms with E-state index in [1.807, 2.05) is 24.3 Å². The zero-order valence-corrected chi connectivity index (χ0v) is 18.5. The van der Waals surface area contributed by atoms with E-state index in [1.165, 1.54) is 17.4 Å². The van der Waals surface area contributed by atoms with Gasteiger partial charge >= 0.3 is 0 Å². The molecule has 0 radical (unpaired) electrons. The van der Waals surface area contributed by atoms with Gasteiger partial charge in [0, 0.05) is 24.5 Å². The summed E-state index contributed by atoms with van der Waals surface area (Å²) in [4.78, 5) is 6.66. The van der Waals surface area contributed by atoms with Crippen molar-refractivity contribution in [1.82, 2.24) is 15.2 Å². The Labute approximate surface area is 184 Å². The fraction of sp³-hybridized carbons (Fsp3) is 0.250. The molecule has 1 heterocycles. The molecule has 2 aromatic carbocycles. The van der Waals surface area contributed by atoms with Crippen LogP contribution in [0.25, 0.3) is 0 Å². The van der Waals surface area contributed by atoms with Crippen LogP contribution in [0.4, 0.5) is 11.6 Å². The van der Waals surface area contributed by atoms with Gasteiger partial charge in [-0.05, 0) is 49.2 Å². The molecule has 6 nitrogen and oxygen atoms in total. The minimum atomic E-state index is 0.484. The molecule has 0 aliphatic rings. The summed E-state index contributed by atoms with van der Waals surface area (Å²) in [6.45, 7) is 6.28. The van der Waals surface area contributed by atoms with E-state index in [2.05, 4.69) is 56.6 Å². The summed E-state index contributed by atoms with van der Waals surface area (Å²) in [6.07, 6.45) is 1.75. The van der Waals surface area contributed by atoms with Crippen molar-refractivity contribution in [3.8, 4) is 0 Å². The second kappa shape index (κ2) is 10.5. The zero-order chi connectivity index (χ0) is 20.6. The van der Waals surface area contributed by atoms with Gasteiger partial charge in [-0.15, -0.1) is 5.10 Å². The average molecular weight is 449 g/mol. The Balaban J connectivity index is 1.51. The van der Waals surface area contributed by atoms with Gasteiger partial charge in [-0.25, -0.2) is 10.5 Å². The number of rotatable bonds is 9. The van der Waals surface area contributed by atoms with E-state index in [-0.39, 0.29) is 0 Å². The van der Waals surface area contributed by atoms with Crippen LogP contribution >= 0.6 is 35.0 Å². The topological polar surface area (TPSA) is 69.2 Å². The van der Waals surface area contributed by atoms with Gasteiger partial charge in [0.15, 0.2) is 0 Å². The van der Waals surface area contributed by atoms with E-state index < -0.39 is 0 Å². The van der Waals surface area contributed by atoms with Gasteiger partial charge in [-0.1, -0.05) is 53.2 Å². The number of halogens is 2. The molecule has 0 unspecified atom stereocenters. The van der Waals surface area contributed by atoms with E-state index in [0.29, 0.717) is 26.9 Å². The molecule has 0 spiro atoms. The number of hydrogen-bond acceptors (Lipinski definition) is 6. The van der Waals surface area contributed by atoms with E-state index in [1.54, 1.807) is 12.3 Å². The lowest BCUT2D eigenvalue weighted by Gasteiger charge is -2.20. The quantitative estimate of drug-likeness (QED) is 0.249. The van der Waals surface area contributed by atoms with Crippen molar-refractivity contribution in [2.45, 2.75) is 24.8 Å². The first-order chi connectivity index (χ1) is 14.1. The number of H-pyrrole nitrogens is 1. The lowest BCUT2D eigenvalue weighted by molar-refractivity contribution is 0.866. The normalized spacial score (nSPS) is 11.2. The van der Waals surface area contributed by atoms with E-state index in [9.17, 15) is 0 Å². The first-order valence-corrected chi connectivity index (χ1v) is 11.0. The number of aromatic nitrogens is 3. The Bertz CT molecular complexity index is 954. The van der Waals surface area contributed by atoms with Crippen LogP contribution < -0.4 is 10.3 Å². The third-order valence-corrected chi connectivity index (χ3v) is 5.88. The van der Waals surface area contributed by atoms with Gasteiger partial charge in [0.2, 0.25) is 11.1 Å². The van der Waals surface area contributed by atoms with Gasteiger partial charge in [-0.3, -0.25) is 0 Å². The molecule has 1 aromatic heterocycles. The van der Waals surface area contributed by atoms with Crippen molar-refractivity contribution in [2.75, 3.05) is 23.4 Å². The van der Waals surface area contributed by atoms with Crippen LogP contribution in [-0.2, 0) is 5.75 Å². The van der Waals surface area contributed by atoms with E-state index >= 15 is 0 Å². The molecule has 0 aliphatic heterocycles. The van der Waals surface area contributed by atoms with Crippen molar-refractivity contribution in [1.29, 1.82) is 0 Å². The summed E-state index contributed by atoms with van der Waals surface area (Å²) < 4.78 is 0. The predicted octanol–water partition coefficient (Wildman–Crippen LogP) is 5.70. The van der Waals surface area contributed by atoms with Gasteiger partial charge in [-0.2, -0.15) is 10.1 Å². The highest BCUT2D eigenvalue weighted by Gasteiger charge is 2.05. The van der Waals surface area contributed by atoms with E-state index in [4.69, 9.17) is 23.2 Å². The molecule has 0 fully saturated rings. The van der Waals surface area contributed by atoms with Crippen molar-refractivity contribution >= 4 is 52.8 Å². The second-order valence-corrected chi connectivity index (χ2v) is 7.89. The second-order valence-electron chi connectivity index (χ2n) is 6.14. The van der Waals surface area contributed by atoms with Crippen molar-refractivity contribution in [3.05, 3.63) is 63.6 Å².